The van der Waals surface area contributed by atoms with E-state index in [2.05, 4.69) is 15.3 Å². The molecular weight excluding hydrogens is 366 g/mol. The topological polar surface area (TPSA) is 98.2 Å². The van der Waals surface area contributed by atoms with Crippen LogP contribution in [0.2, 0.25) is 0 Å². The molecule has 2 aromatic rings. The molecule has 0 saturated heterocycles. The highest BCUT2D eigenvalue weighted by molar-refractivity contribution is 5.98. The largest absolute Gasteiger partial charge is 0.349 e. The molecule has 0 radical (unpaired) electrons. The molecule has 0 saturated carbocycles. The third-order valence-electron chi connectivity index (χ3n) is 4.22. The Kier molecular flexibility index (Phi) is 7.02. The number of hydrogen-bond acceptors (Lipinski definition) is 3. The van der Waals surface area contributed by atoms with Gasteiger partial charge in [-0.15, -0.1) is 0 Å². The summed E-state index contributed by atoms with van der Waals surface area (Å²) in [5.41, 5.74) is 9.74. The zero-order valence-electron chi connectivity index (χ0n) is 17.5. The highest BCUT2D eigenvalue weighted by Crippen LogP contribution is 2.33. The minimum Gasteiger partial charge on any atom is -0.349 e. The van der Waals surface area contributed by atoms with E-state index in [1.807, 2.05) is 40.7 Å². The highest BCUT2D eigenvalue weighted by atomic mass is 16.2. The van der Waals surface area contributed by atoms with Crippen molar-refractivity contribution in [1.82, 2.24) is 10.2 Å². The van der Waals surface area contributed by atoms with E-state index < -0.39 is 11.6 Å². The van der Waals surface area contributed by atoms with Crippen LogP contribution >= 0.6 is 0 Å². The van der Waals surface area contributed by atoms with E-state index in [0.717, 1.165) is 0 Å². The van der Waals surface area contributed by atoms with Gasteiger partial charge in [-0.3, -0.25) is 9.59 Å². The van der Waals surface area contributed by atoms with E-state index in [-0.39, 0.29) is 17.9 Å². The third-order valence-corrected chi connectivity index (χ3v) is 4.22. The number of azide groups is 1. The molecule has 0 aliphatic heterocycles. The van der Waals surface area contributed by atoms with Crippen molar-refractivity contribution < 1.29 is 9.59 Å². The minimum atomic E-state index is -0.955. The summed E-state index contributed by atoms with van der Waals surface area (Å²) in [4.78, 5) is 31.2. The summed E-state index contributed by atoms with van der Waals surface area (Å²) in [6, 6.07) is 14.4. The fourth-order valence-corrected chi connectivity index (χ4v) is 3.09. The maximum atomic E-state index is 13.4. The van der Waals surface area contributed by atoms with Crippen molar-refractivity contribution in [2.24, 2.45) is 5.11 Å². The molecule has 29 heavy (non-hydrogen) atoms. The van der Waals surface area contributed by atoms with Crippen LogP contribution in [0.4, 0.5) is 5.69 Å². The summed E-state index contributed by atoms with van der Waals surface area (Å²) >= 11 is 0. The number of carbonyl (C=O) groups is 2. The van der Waals surface area contributed by atoms with Crippen LogP contribution in [0.1, 0.15) is 56.6 Å². The van der Waals surface area contributed by atoms with E-state index in [1.54, 1.807) is 48.5 Å². The number of benzene rings is 2. The molecule has 0 spiro atoms. The second-order valence-corrected chi connectivity index (χ2v) is 8.06. The van der Waals surface area contributed by atoms with Crippen molar-refractivity contribution >= 4 is 17.5 Å². The van der Waals surface area contributed by atoms with E-state index >= 15 is 0 Å². The number of hydrogen-bond donors (Lipinski definition) is 1. The number of amides is 2. The standard InChI is InChI=1S/C22H27N5O2/c1-15(2)27(21(29)16-11-7-6-8-12-16)19(20(28)24-22(3,4)5)17-13-9-10-14-18(17)25-26-23/h6-15,19H,1-5H3,(H,24,28). The van der Waals surface area contributed by atoms with Crippen LogP contribution in [-0.2, 0) is 4.79 Å². The second-order valence-electron chi connectivity index (χ2n) is 8.06. The first kappa shape index (κ1) is 22.0. The molecule has 2 amide bonds. The van der Waals surface area contributed by atoms with Gasteiger partial charge >= 0.3 is 0 Å². The van der Waals surface area contributed by atoms with Gasteiger partial charge in [0.2, 0.25) is 5.91 Å². The van der Waals surface area contributed by atoms with Gasteiger partial charge in [0.1, 0.15) is 6.04 Å². The van der Waals surface area contributed by atoms with Crippen LogP contribution in [0.25, 0.3) is 10.4 Å². The van der Waals surface area contributed by atoms with Crippen LogP contribution < -0.4 is 5.32 Å². The average molecular weight is 393 g/mol. The number of nitrogens with one attached hydrogen (secondary N) is 1. The van der Waals surface area contributed by atoms with Gasteiger partial charge in [-0.25, -0.2) is 0 Å². The summed E-state index contributed by atoms with van der Waals surface area (Å²) in [5, 5.41) is 6.70. The molecule has 1 atom stereocenters. The fraction of sp³-hybridized carbons (Fsp3) is 0.364. The summed E-state index contributed by atoms with van der Waals surface area (Å²) in [6.45, 7) is 9.34. The molecule has 1 N–H and O–H groups in total. The van der Waals surface area contributed by atoms with Crippen molar-refractivity contribution in [3.8, 4) is 0 Å². The van der Waals surface area contributed by atoms with Crippen molar-refractivity contribution in [2.75, 3.05) is 0 Å². The fourth-order valence-electron chi connectivity index (χ4n) is 3.09. The number of carbonyl (C=O) groups excluding carboxylic acids is 2. The lowest BCUT2D eigenvalue weighted by atomic mass is 9.98. The van der Waals surface area contributed by atoms with Gasteiger partial charge in [-0.05, 0) is 57.8 Å². The van der Waals surface area contributed by atoms with Crippen LogP contribution in [0, 0.1) is 0 Å². The molecule has 1 unspecified atom stereocenters. The molecule has 0 heterocycles. The molecule has 0 aliphatic carbocycles. The highest BCUT2D eigenvalue weighted by Gasteiger charge is 2.36. The molecular formula is C22H27N5O2. The SMILES string of the molecule is CC(C)N(C(=O)c1ccccc1)C(C(=O)NC(C)(C)C)c1ccccc1N=[N+]=[N-]. The zero-order chi connectivity index (χ0) is 21.6. The Morgan fingerprint density at radius 1 is 1.03 bits per heavy atom. The van der Waals surface area contributed by atoms with Crippen LogP contribution in [0.5, 0.6) is 0 Å². The summed E-state index contributed by atoms with van der Waals surface area (Å²) < 4.78 is 0. The van der Waals surface area contributed by atoms with Crippen molar-refractivity contribution in [3.05, 3.63) is 76.2 Å². The molecule has 2 rings (SSSR count). The Morgan fingerprint density at radius 3 is 2.17 bits per heavy atom. The van der Waals surface area contributed by atoms with Gasteiger partial charge in [0.05, 0.1) is 0 Å². The van der Waals surface area contributed by atoms with Gasteiger partial charge in [-0.1, -0.05) is 47.6 Å². The molecule has 2 aromatic carbocycles. The third kappa shape index (κ3) is 5.59. The molecule has 152 valence electrons. The molecule has 0 bridgehead atoms. The average Bonchev–Trinajstić information content (AvgIpc) is 2.65. The predicted octanol–water partition coefficient (Wildman–Crippen LogP) is 5.14. The van der Waals surface area contributed by atoms with E-state index in [4.69, 9.17) is 5.53 Å². The molecule has 0 aromatic heterocycles. The molecule has 7 heteroatoms. The Hall–Kier alpha value is -3.31. The zero-order valence-corrected chi connectivity index (χ0v) is 17.5. The summed E-state index contributed by atoms with van der Waals surface area (Å²) in [6.07, 6.45) is 0. The van der Waals surface area contributed by atoms with E-state index in [1.165, 1.54) is 4.90 Å². The van der Waals surface area contributed by atoms with Crippen molar-refractivity contribution in [1.29, 1.82) is 0 Å². The lowest BCUT2D eigenvalue weighted by Gasteiger charge is -2.36. The number of nitrogens with zero attached hydrogens (tertiary/aromatic N) is 4. The quantitative estimate of drug-likeness (QED) is 0.418. The molecule has 7 nitrogen and oxygen atoms in total. The summed E-state index contributed by atoms with van der Waals surface area (Å²) in [7, 11) is 0. The Labute approximate surface area is 171 Å². The van der Waals surface area contributed by atoms with Gasteiger partial charge in [0.15, 0.2) is 0 Å². The smallest absolute Gasteiger partial charge is 0.255 e. The molecule has 0 fully saturated rings. The Balaban J connectivity index is 2.65. The van der Waals surface area contributed by atoms with Gasteiger partial charge in [-0.2, -0.15) is 0 Å². The maximum absolute atomic E-state index is 13.4. The summed E-state index contributed by atoms with van der Waals surface area (Å²) in [5.74, 6) is -0.610. The number of rotatable bonds is 6. The lowest BCUT2D eigenvalue weighted by molar-refractivity contribution is -0.128. The van der Waals surface area contributed by atoms with Crippen LogP contribution in [0.3, 0.4) is 0 Å². The first-order valence-corrected chi connectivity index (χ1v) is 9.49. The van der Waals surface area contributed by atoms with Gasteiger partial charge in [0, 0.05) is 27.7 Å². The first-order valence-electron chi connectivity index (χ1n) is 9.49. The Morgan fingerprint density at radius 2 is 1.62 bits per heavy atom. The van der Waals surface area contributed by atoms with Crippen LogP contribution in [-0.4, -0.2) is 28.3 Å². The molecule has 0 aliphatic rings. The second kappa shape index (κ2) is 9.26. The monoisotopic (exact) mass is 393 g/mol. The van der Waals surface area contributed by atoms with E-state index in [0.29, 0.717) is 16.8 Å². The minimum absolute atomic E-state index is 0.273. The maximum Gasteiger partial charge on any atom is 0.255 e. The van der Waals surface area contributed by atoms with Gasteiger partial charge in [0.25, 0.3) is 5.91 Å². The van der Waals surface area contributed by atoms with E-state index in [9.17, 15) is 9.59 Å². The van der Waals surface area contributed by atoms with Crippen molar-refractivity contribution in [2.45, 2.75) is 52.2 Å². The normalized spacial score (nSPS) is 12.1. The first-order chi connectivity index (χ1) is 13.7. The van der Waals surface area contributed by atoms with Gasteiger partial charge < -0.3 is 10.2 Å². The lowest BCUT2D eigenvalue weighted by Crippen LogP contribution is -2.51. The van der Waals surface area contributed by atoms with Crippen LogP contribution in [0.15, 0.2) is 59.7 Å². The van der Waals surface area contributed by atoms with Crippen molar-refractivity contribution in [3.63, 3.8) is 0 Å². The Bertz CT molecular complexity index is 912. The predicted molar refractivity (Wildman–Crippen MR) is 114 cm³/mol.